The number of pyridine rings is 1. The first-order valence-electron chi connectivity index (χ1n) is 14.1. The van der Waals surface area contributed by atoms with Crippen LogP contribution in [0.3, 0.4) is 0 Å². The number of amides is 1. The van der Waals surface area contributed by atoms with Crippen molar-refractivity contribution in [1.82, 2.24) is 24.2 Å². The maximum absolute atomic E-state index is 14.0. The van der Waals surface area contributed by atoms with E-state index in [-0.39, 0.29) is 30.8 Å². The second-order valence-electron chi connectivity index (χ2n) is 11.6. The number of H-pyrrole nitrogens is 1. The lowest BCUT2D eigenvalue weighted by atomic mass is 9.99. The number of aryl methyl sites for hydroxylation is 3. The van der Waals surface area contributed by atoms with Gasteiger partial charge in [0.2, 0.25) is 16.0 Å². The van der Waals surface area contributed by atoms with Gasteiger partial charge in [0.05, 0.1) is 23.4 Å². The molecule has 2 fully saturated rings. The number of alkyl halides is 1. The molecule has 1 aliphatic heterocycles. The maximum Gasteiger partial charge on any atom is 0.253 e. The maximum atomic E-state index is 14.0. The summed E-state index contributed by atoms with van der Waals surface area (Å²) in [5.41, 5.74) is 4.01. The third kappa shape index (κ3) is 4.93. The van der Waals surface area contributed by atoms with Gasteiger partial charge in [-0.2, -0.15) is 0 Å². The molecule has 0 bridgehead atoms. The van der Waals surface area contributed by atoms with Gasteiger partial charge in [0.25, 0.3) is 11.5 Å². The molecule has 1 saturated heterocycles. The van der Waals surface area contributed by atoms with Gasteiger partial charge in [-0.1, -0.05) is 6.08 Å². The van der Waals surface area contributed by atoms with Crippen LogP contribution in [0.1, 0.15) is 52.0 Å². The fourth-order valence-electron chi connectivity index (χ4n) is 5.83. The van der Waals surface area contributed by atoms with Crippen molar-refractivity contribution in [2.24, 2.45) is 0 Å². The van der Waals surface area contributed by atoms with E-state index >= 15 is 0 Å². The quantitative estimate of drug-likeness (QED) is 0.275. The Bertz CT molecular complexity index is 1940. The minimum absolute atomic E-state index is 0.00426. The third-order valence-electron chi connectivity index (χ3n) is 8.45. The number of fused-ring (bicyclic) bond motifs is 1. The van der Waals surface area contributed by atoms with Crippen LogP contribution in [0.25, 0.3) is 22.0 Å². The zero-order valence-corrected chi connectivity index (χ0v) is 25.1. The van der Waals surface area contributed by atoms with Crippen molar-refractivity contribution in [1.29, 1.82) is 0 Å². The van der Waals surface area contributed by atoms with Crippen LogP contribution in [-0.2, 0) is 16.6 Å². The van der Waals surface area contributed by atoms with Gasteiger partial charge in [0.1, 0.15) is 6.17 Å². The Hall–Kier alpha value is -4.32. The highest BCUT2D eigenvalue weighted by Crippen LogP contribution is 2.49. The Kier molecular flexibility index (Phi) is 6.99. The average Bonchev–Trinajstić information content (AvgIpc) is 3.66. The SMILES string of the molecule is C=CCC1(S(=O)(=O)n2cc(C)c3c(C(=O)NCc4c(C)cc(C)[nH]c4=O)cc(-c4cnc(N5CC(F)C5)nc4)cc32)CC1. The number of halogens is 1. The summed E-state index contributed by atoms with van der Waals surface area (Å²) >= 11 is 0. The van der Waals surface area contributed by atoms with Gasteiger partial charge in [0, 0.05) is 52.9 Å². The first-order valence-corrected chi connectivity index (χ1v) is 15.6. The highest BCUT2D eigenvalue weighted by atomic mass is 32.2. The zero-order chi connectivity index (χ0) is 30.7. The first kappa shape index (κ1) is 28.8. The predicted octanol–water partition coefficient (Wildman–Crippen LogP) is 4.09. The average molecular weight is 605 g/mol. The number of hydrogen-bond acceptors (Lipinski definition) is 7. The van der Waals surface area contributed by atoms with E-state index in [1.807, 2.05) is 13.0 Å². The molecule has 6 rings (SSSR count). The second kappa shape index (κ2) is 10.4. The van der Waals surface area contributed by atoms with Crippen LogP contribution in [-0.4, -0.2) is 57.3 Å². The largest absolute Gasteiger partial charge is 0.348 e. The molecule has 2 aliphatic rings. The summed E-state index contributed by atoms with van der Waals surface area (Å²) < 4.78 is 41.7. The number of rotatable bonds is 9. The Morgan fingerprint density at radius 2 is 1.84 bits per heavy atom. The van der Waals surface area contributed by atoms with Crippen molar-refractivity contribution < 1.29 is 17.6 Å². The molecular formula is C31H33FN6O4S. The van der Waals surface area contributed by atoms with Crippen LogP contribution in [0.2, 0.25) is 0 Å². The molecule has 2 N–H and O–H groups in total. The van der Waals surface area contributed by atoms with Gasteiger partial charge in [0.15, 0.2) is 0 Å². The number of benzene rings is 1. The van der Waals surface area contributed by atoms with Crippen LogP contribution in [0.15, 0.2) is 54.2 Å². The minimum Gasteiger partial charge on any atom is -0.348 e. The number of carbonyl (C=O) groups excluding carboxylic acids is 1. The summed E-state index contributed by atoms with van der Waals surface area (Å²) in [7, 11) is -3.83. The van der Waals surface area contributed by atoms with Crippen molar-refractivity contribution >= 4 is 32.8 Å². The molecular weight excluding hydrogens is 571 g/mol. The minimum atomic E-state index is -3.83. The van der Waals surface area contributed by atoms with E-state index in [1.165, 1.54) is 3.97 Å². The normalized spacial score (nSPS) is 16.2. The summed E-state index contributed by atoms with van der Waals surface area (Å²) in [6.07, 6.45) is 6.85. The summed E-state index contributed by atoms with van der Waals surface area (Å²) in [5, 5.41) is 3.37. The molecule has 3 aromatic heterocycles. The van der Waals surface area contributed by atoms with E-state index in [0.717, 1.165) is 11.3 Å². The summed E-state index contributed by atoms with van der Waals surface area (Å²) in [4.78, 5) is 39.6. The van der Waals surface area contributed by atoms with E-state index in [1.54, 1.807) is 55.5 Å². The molecule has 4 heterocycles. The Balaban J connectivity index is 1.45. The summed E-state index contributed by atoms with van der Waals surface area (Å²) in [6.45, 7) is 9.59. The van der Waals surface area contributed by atoms with Gasteiger partial charge in [-0.05, 0) is 74.9 Å². The smallest absolute Gasteiger partial charge is 0.253 e. The van der Waals surface area contributed by atoms with Crippen molar-refractivity contribution in [3.63, 3.8) is 0 Å². The Morgan fingerprint density at radius 1 is 1.14 bits per heavy atom. The van der Waals surface area contributed by atoms with Crippen LogP contribution in [0.4, 0.5) is 10.3 Å². The molecule has 1 aromatic carbocycles. The fourth-order valence-corrected chi connectivity index (χ4v) is 7.90. The van der Waals surface area contributed by atoms with Crippen LogP contribution >= 0.6 is 0 Å². The van der Waals surface area contributed by atoms with Gasteiger partial charge in [-0.15, -0.1) is 6.58 Å². The molecule has 12 heteroatoms. The Morgan fingerprint density at radius 3 is 2.44 bits per heavy atom. The van der Waals surface area contributed by atoms with Crippen molar-refractivity contribution in [3.05, 3.63) is 87.7 Å². The summed E-state index contributed by atoms with van der Waals surface area (Å²) in [6, 6.07) is 5.25. The Labute approximate surface area is 248 Å². The monoisotopic (exact) mass is 604 g/mol. The fraction of sp³-hybridized carbons (Fsp3) is 0.355. The molecule has 43 heavy (non-hydrogen) atoms. The van der Waals surface area contributed by atoms with Gasteiger partial charge in [-0.25, -0.2) is 26.7 Å². The predicted molar refractivity (Wildman–Crippen MR) is 164 cm³/mol. The number of hydrogen-bond donors (Lipinski definition) is 2. The first-order chi connectivity index (χ1) is 20.4. The molecule has 1 amide bonds. The topological polar surface area (TPSA) is 130 Å². The highest BCUT2D eigenvalue weighted by Gasteiger charge is 2.54. The second-order valence-corrected chi connectivity index (χ2v) is 13.8. The summed E-state index contributed by atoms with van der Waals surface area (Å²) in [5.74, 6) is -0.0545. The van der Waals surface area contributed by atoms with Crippen LogP contribution in [0.5, 0.6) is 0 Å². The highest BCUT2D eigenvalue weighted by molar-refractivity contribution is 7.91. The molecule has 4 aromatic rings. The van der Waals surface area contributed by atoms with E-state index in [4.69, 9.17) is 0 Å². The van der Waals surface area contributed by atoms with Crippen LogP contribution in [0, 0.1) is 20.8 Å². The molecule has 224 valence electrons. The molecule has 1 aliphatic carbocycles. The lowest BCUT2D eigenvalue weighted by Crippen LogP contribution is -2.49. The van der Waals surface area contributed by atoms with E-state index in [0.29, 0.717) is 58.4 Å². The molecule has 1 saturated carbocycles. The molecule has 0 radical (unpaired) electrons. The van der Waals surface area contributed by atoms with Gasteiger partial charge < -0.3 is 15.2 Å². The standard InChI is InChI=1S/C31H33FN6O4S/c1-5-6-31(7-8-31)43(41,42)38-15-19(3)27-24(28(39)33-14-25-18(2)9-20(4)36-29(25)40)10-21(11-26(27)38)22-12-34-30(35-13-22)37-16-23(32)17-37/h5,9-13,15,23H,1,6-8,14,16-17H2,2-4H3,(H,33,39)(H,36,40). The molecule has 0 unspecified atom stereocenters. The van der Waals surface area contributed by atoms with E-state index in [2.05, 4.69) is 26.8 Å². The van der Waals surface area contributed by atoms with Crippen molar-refractivity contribution in [2.75, 3.05) is 18.0 Å². The van der Waals surface area contributed by atoms with Crippen molar-refractivity contribution in [2.45, 2.75) is 57.5 Å². The number of aromatic nitrogens is 4. The number of allylic oxidation sites excluding steroid dienone is 1. The van der Waals surface area contributed by atoms with Crippen LogP contribution < -0.4 is 15.8 Å². The lowest BCUT2D eigenvalue weighted by Gasteiger charge is -2.34. The van der Waals surface area contributed by atoms with E-state index < -0.39 is 26.8 Å². The number of nitrogens with zero attached hydrogens (tertiary/aromatic N) is 4. The molecule has 0 spiro atoms. The number of aromatic amines is 1. The lowest BCUT2D eigenvalue weighted by molar-refractivity contribution is 0.0952. The molecule has 10 nitrogen and oxygen atoms in total. The number of nitrogens with one attached hydrogen (secondary N) is 2. The molecule has 0 atom stereocenters. The number of anilines is 1. The van der Waals surface area contributed by atoms with Gasteiger partial charge >= 0.3 is 0 Å². The zero-order valence-electron chi connectivity index (χ0n) is 24.3. The van der Waals surface area contributed by atoms with Gasteiger partial charge in [-0.3, -0.25) is 9.59 Å². The number of carbonyl (C=O) groups is 1. The third-order valence-corrected chi connectivity index (χ3v) is 10.9. The van der Waals surface area contributed by atoms with Crippen molar-refractivity contribution in [3.8, 4) is 11.1 Å². The van der Waals surface area contributed by atoms with E-state index in [9.17, 15) is 22.4 Å².